The maximum atomic E-state index is 13.6. The maximum absolute atomic E-state index is 13.6. The minimum atomic E-state index is -0.167. The fourth-order valence-corrected chi connectivity index (χ4v) is 5.04. The standard InChI is InChI=1S/C34H40N2O7/c1-7-17-43-28-12-11-25(19-29(28)39-3)27(24-10-8-9-23(2)18-24)22-32(37)35-13-15-36(16-14-35)34(38)26-20-30(40-4)33(42-6)31(21-26)41-5/h8-12,18-22H,7,13-17H2,1-6H3/b27-22+. The third kappa shape index (κ3) is 7.23. The van der Waals surface area contributed by atoms with Gasteiger partial charge in [-0.1, -0.05) is 42.8 Å². The molecule has 0 spiro atoms. The Kier molecular flexibility index (Phi) is 10.5. The fourth-order valence-electron chi connectivity index (χ4n) is 5.04. The summed E-state index contributed by atoms with van der Waals surface area (Å²) in [6, 6.07) is 17.1. The van der Waals surface area contributed by atoms with Crippen molar-refractivity contribution in [3.63, 3.8) is 0 Å². The molecular weight excluding hydrogens is 548 g/mol. The van der Waals surface area contributed by atoms with Crippen LogP contribution in [0.25, 0.3) is 5.57 Å². The zero-order valence-electron chi connectivity index (χ0n) is 25.8. The van der Waals surface area contributed by atoms with E-state index in [2.05, 4.69) is 6.07 Å². The van der Waals surface area contributed by atoms with Gasteiger partial charge in [0.05, 0.1) is 35.0 Å². The number of nitrogens with zero attached hydrogens (tertiary/aromatic N) is 2. The highest BCUT2D eigenvalue weighted by Gasteiger charge is 2.27. The van der Waals surface area contributed by atoms with Gasteiger partial charge in [-0.25, -0.2) is 0 Å². The highest BCUT2D eigenvalue weighted by molar-refractivity contribution is 6.00. The molecule has 4 rings (SSSR count). The van der Waals surface area contributed by atoms with Gasteiger partial charge in [0.2, 0.25) is 11.7 Å². The molecule has 9 heteroatoms. The van der Waals surface area contributed by atoms with Gasteiger partial charge in [0.15, 0.2) is 23.0 Å². The van der Waals surface area contributed by atoms with Crippen LogP contribution in [0.15, 0.2) is 60.7 Å². The van der Waals surface area contributed by atoms with Crippen molar-refractivity contribution in [2.24, 2.45) is 0 Å². The monoisotopic (exact) mass is 588 g/mol. The van der Waals surface area contributed by atoms with Crippen LogP contribution in [0.3, 0.4) is 0 Å². The molecule has 1 fully saturated rings. The minimum absolute atomic E-state index is 0.123. The van der Waals surface area contributed by atoms with Gasteiger partial charge in [0, 0.05) is 37.8 Å². The molecule has 1 heterocycles. The van der Waals surface area contributed by atoms with Crippen molar-refractivity contribution in [3.05, 3.63) is 82.9 Å². The number of hydrogen-bond acceptors (Lipinski definition) is 7. The zero-order chi connectivity index (χ0) is 30.9. The molecule has 0 N–H and O–H groups in total. The van der Waals surface area contributed by atoms with Gasteiger partial charge in [-0.05, 0) is 54.3 Å². The topological polar surface area (TPSA) is 86.8 Å². The first-order valence-electron chi connectivity index (χ1n) is 14.3. The number of benzene rings is 3. The molecule has 9 nitrogen and oxygen atoms in total. The molecule has 3 aromatic rings. The Morgan fingerprint density at radius 3 is 1.91 bits per heavy atom. The van der Waals surface area contributed by atoms with Crippen molar-refractivity contribution < 1.29 is 33.3 Å². The van der Waals surface area contributed by atoms with E-state index in [-0.39, 0.29) is 11.8 Å². The van der Waals surface area contributed by atoms with Gasteiger partial charge in [0.1, 0.15) is 0 Å². The van der Waals surface area contributed by atoms with Crippen LogP contribution in [0.1, 0.15) is 40.4 Å². The SMILES string of the molecule is CCCOc1ccc(/C(=C/C(=O)N2CCN(C(=O)c3cc(OC)c(OC)c(OC)c3)CC2)c2cccc(C)c2)cc1OC. The van der Waals surface area contributed by atoms with Crippen LogP contribution < -0.4 is 23.7 Å². The molecule has 0 aromatic heterocycles. The van der Waals surface area contributed by atoms with Crippen LogP contribution >= 0.6 is 0 Å². The Morgan fingerprint density at radius 2 is 1.33 bits per heavy atom. The molecule has 228 valence electrons. The van der Waals surface area contributed by atoms with Crippen molar-refractivity contribution in [2.45, 2.75) is 20.3 Å². The van der Waals surface area contributed by atoms with E-state index in [1.165, 1.54) is 21.3 Å². The summed E-state index contributed by atoms with van der Waals surface area (Å²) in [5.41, 5.74) is 4.07. The molecule has 0 saturated carbocycles. The van der Waals surface area contributed by atoms with Crippen LogP contribution in [0.4, 0.5) is 0 Å². The fraction of sp³-hybridized carbons (Fsp3) is 0.353. The second-order valence-corrected chi connectivity index (χ2v) is 10.2. The predicted octanol–water partition coefficient (Wildman–Crippen LogP) is 5.23. The van der Waals surface area contributed by atoms with Crippen LogP contribution in [-0.4, -0.2) is 82.8 Å². The van der Waals surface area contributed by atoms with Crippen molar-refractivity contribution >= 4 is 17.4 Å². The molecule has 1 aliphatic rings. The summed E-state index contributed by atoms with van der Waals surface area (Å²) < 4.78 is 27.7. The summed E-state index contributed by atoms with van der Waals surface area (Å²) in [6.45, 7) is 6.25. The summed E-state index contributed by atoms with van der Waals surface area (Å²) in [7, 11) is 6.15. The van der Waals surface area contributed by atoms with Crippen LogP contribution in [-0.2, 0) is 4.79 Å². The molecule has 3 aromatic carbocycles. The molecule has 43 heavy (non-hydrogen) atoms. The lowest BCUT2D eigenvalue weighted by atomic mass is 9.95. The lowest BCUT2D eigenvalue weighted by Gasteiger charge is -2.34. The van der Waals surface area contributed by atoms with Crippen molar-refractivity contribution in [1.82, 2.24) is 9.80 Å². The predicted molar refractivity (Wildman–Crippen MR) is 166 cm³/mol. The average molecular weight is 589 g/mol. The maximum Gasteiger partial charge on any atom is 0.254 e. The summed E-state index contributed by atoms with van der Waals surface area (Å²) in [5, 5.41) is 0. The molecule has 0 aliphatic carbocycles. The lowest BCUT2D eigenvalue weighted by molar-refractivity contribution is -0.127. The van der Waals surface area contributed by atoms with Crippen LogP contribution in [0, 0.1) is 6.92 Å². The molecular formula is C34H40N2O7. The first-order valence-corrected chi connectivity index (χ1v) is 14.3. The van der Waals surface area contributed by atoms with Crippen molar-refractivity contribution in [2.75, 3.05) is 61.2 Å². The van der Waals surface area contributed by atoms with E-state index < -0.39 is 0 Å². The number of ether oxygens (including phenoxy) is 5. The summed E-state index contributed by atoms with van der Waals surface area (Å²) >= 11 is 0. The van der Waals surface area contributed by atoms with Crippen LogP contribution in [0.5, 0.6) is 28.7 Å². The van der Waals surface area contributed by atoms with Gasteiger partial charge in [-0.3, -0.25) is 9.59 Å². The molecule has 0 atom stereocenters. The third-order valence-electron chi connectivity index (χ3n) is 7.32. The summed E-state index contributed by atoms with van der Waals surface area (Å²) in [4.78, 5) is 30.5. The van der Waals surface area contributed by atoms with E-state index in [1.807, 2.05) is 50.2 Å². The number of methoxy groups -OCH3 is 4. The van der Waals surface area contributed by atoms with E-state index in [0.29, 0.717) is 67.1 Å². The Balaban J connectivity index is 1.55. The number of amides is 2. The highest BCUT2D eigenvalue weighted by Crippen LogP contribution is 2.38. The Morgan fingerprint density at radius 1 is 0.721 bits per heavy atom. The molecule has 1 aliphatic heterocycles. The smallest absolute Gasteiger partial charge is 0.254 e. The molecule has 0 radical (unpaired) electrons. The van der Waals surface area contributed by atoms with E-state index in [0.717, 1.165) is 28.7 Å². The number of carbonyl (C=O) groups is 2. The van der Waals surface area contributed by atoms with Gasteiger partial charge >= 0.3 is 0 Å². The average Bonchev–Trinajstić information content (AvgIpc) is 3.04. The normalized spacial score (nSPS) is 13.4. The lowest BCUT2D eigenvalue weighted by Crippen LogP contribution is -2.50. The Bertz CT molecular complexity index is 1450. The number of hydrogen-bond donors (Lipinski definition) is 0. The van der Waals surface area contributed by atoms with E-state index >= 15 is 0 Å². The molecule has 1 saturated heterocycles. The number of carbonyl (C=O) groups excluding carboxylic acids is 2. The first-order chi connectivity index (χ1) is 20.8. The van der Waals surface area contributed by atoms with Crippen molar-refractivity contribution in [1.29, 1.82) is 0 Å². The van der Waals surface area contributed by atoms with Crippen LogP contribution in [0.2, 0.25) is 0 Å². The third-order valence-corrected chi connectivity index (χ3v) is 7.32. The molecule has 0 bridgehead atoms. The summed E-state index contributed by atoms with van der Waals surface area (Å²) in [5.74, 6) is 2.23. The van der Waals surface area contributed by atoms with E-state index in [1.54, 1.807) is 35.1 Å². The molecule has 0 unspecified atom stereocenters. The van der Waals surface area contributed by atoms with Gasteiger partial charge in [0.25, 0.3) is 5.91 Å². The quantitative estimate of drug-likeness (QED) is 0.284. The van der Waals surface area contributed by atoms with Gasteiger partial charge in [-0.2, -0.15) is 0 Å². The number of aryl methyl sites for hydroxylation is 1. The van der Waals surface area contributed by atoms with Gasteiger partial charge in [-0.15, -0.1) is 0 Å². The second-order valence-electron chi connectivity index (χ2n) is 10.2. The minimum Gasteiger partial charge on any atom is -0.493 e. The van der Waals surface area contributed by atoms with Gasteiger partial charge < -0.3 is 33.5 Å². The first kappa shape index (κ1) is 31.3. The number of rotatable bonds is 11. The molecule has 2 amide bonds. The number of piperazine rings is 1. The highest BCUT2D eigenvalue weighted by atomic mass is 16.5. The summed E-state index contributed by atoms with van der Waals surface area (Å²) in [6.07, 6.45) is 2.56. The van der Waals surface area contributed by atoms with Crippen molar-refractivity contribution in [3.8, 4) is 28.7 Å². The van der Waals surface area contributed by atoms with E-state index in [9.17, 15) is 9.59 Å². The Labute approximate surface area is 253 Å². The second kappa shape index (κ2) is 14.5. The van der Waals surface area contributed by atoms with E-state index in [4.69, 9.17) is 23.7 Å². The Hall–Kier alpha value is -4.66. The largest absolute Gasteiger partial charge is 0.493 e. The zero-order valence-corrected chi connectivity index (χ0v) is 25.8.